The minimum Gasteiger partial charge on any atom is -0.481 e. The van der Waals surface area contributed by atoms with E-state index in [0.717, 1.165) is 39.1 Å². The topological polar surface area (TPSA) is 120 Å². The Morgan fingerprint density at radius 3 is 2.58 bits per heavy atom. The maximum Gasteiger partial charge on any atom is 0.221 e. The van der Waals surface area contributed by atoms with Gasteiger partial charge in [0.2, 0.25) is 5.88 Å². The van der Waals surface area contributed by atoms with Gasteiger partial charge in [0.25, 0.3) is 0 Å². The molecule has 0 spiro atoms. The van der Waals surface area contributed by atoms with Crippen LogP contribution in [0.2, 0.25) is 0 Å². The van der Waals surface area contributed by atoms with Crippen molar-refractivity contribution in [3.63, 3.8) is 0 Å². The van der Waals surface area contributed by atoms with Crippen molar-refractivity contribution in [3.8, 4) is 17.0 Å². The van der Waals surface area contributed by atoms with E-state index in [1.54, 1.807) is 7.11 Å². The summed E-state index contributed by atoms with van der Waals surface area (Å²) in [6.07, 6.45) is 1.85. The summed E-state index contributed by atoms with van der Waals surface area (Å²) in [7, 11) is 1.61. The van der Waals surface area contributed by atoms with Gasteiger partial charge in [-0.3, -0.25) is 0 Å². The Labute approximate surface area is 190 Å². The second-order valence-corrected chi connectivity index (χ2v) is 8.45. The fraction of sp³-hybridized carbons (Fsp3) is 0.348. The molecule has 5 aromatic heterocycles. The molecule has 10 heteroatoms. The van der Waals surface area contributed by atoms with Gasteiger partial charge in [-0.05, 0) is 47.6 Å². The van der Waals surface area contributed by atoms with Gasteiger partial charge in [0.05, 0.1) is 41.0 Å². The van der Waals surface area contributed by atoms with Gasteiger partial charge in [-0.2, -0.15) is 5.10 Å². The van der Waals surface area contributed by atoms with Crippen molar-refractivity contribution in [2.75, 3.05) is 12.4 Å². The van der Waals surface area contributed by atoms with Crippen LogP contribution in [0.3, 0.4) is 0 Å². The summed E-state index contributed by atoms with van der Waals surface area (Å²) >= 11 is 0. The van der Waals surface area contributed by atoms with Crippen molar-refractivity contribution >= 4 is 33.7 Å². The molecule has 5 aromatic rings. The number of hydrogen-bond acceptors (Lipinski definition) is 8. The lowest BCUT2D eigenvalue weighted by molar-refractivity contribution is 0.392. The Hall–Kier alpha value is -3.95. The van der Waals surface area contributed by atoms with Gasteiger partial charge in [-0.1, -0.05) is 5.16 Å². The average molecular weight is 447 g/mol. The molecule has 0 aliphatic rings. The summed E-state index contributed by atoms with van der Waals surface area (Å²) in [5.41, 5.74) is 5.71. The average Bonchev–Trinajstić information content (AvgIpc) is 3.41. The van der Waals surface area contributed by atoms with Gasteiger partial charge in [0, 0.05) is 11.6 Å². The minimum atomic E-state index is 0.193. The molecule has 0 fully saturated rings. The SMILES string of the molecule is COc1nc2c(cc1-c1c(C)noc1C)[nH]c1nc(C)nc(Nc3c(C)cnn3C(C)C)c12. The van der Waals surface area contributed by atoms with Crippen LogP contribution in [0.4, 0.5) is 11.6 Å². The predicted octanol–water partition coefficient (Wildman–Crippen LogP) is 4.92. The Morgan fingerprint density at radius 1 is 1.12 bits per heavy atom. The fourth-order valence-electron chi connectivity index (χ4n) is 4.20. The highest BCUT2D eigenvalue weighted by Gasteiger charge is 2.22. The zero-order valence-corrected chi connectivity index (χ0v) is 19.7. The molecule has 0 saturated heterocycles. The van der Waals surface area contributed by atoms with Gasteiger partial charge in [0.1, 0.15) is 34.4 Å². The van der Waals surface area contributed by atoms with Gasteiger partial charge in [0.15, 0.2) is 0 Å². The van der Waals surface area contributed by atoms with Crippen LogP contribution >= 0.6 is 0 Å². The summed E-state index contributed by atoms with van der Waals surface area (Å²) in [6.45, 7) is 11.8. The van der Waals surface area contributed by atoms with E-state index in [2.05, 4.69) is 39.4 Å². The number of nitrogens with zero attached hydrogens (tertiary/aromatic N) is 6. The van der Waals surface area contributed by atoms with Crippen LogP contribution in [0.25, 0.3) is 33.2 Å². The molecule has 33 heavy (non-hydrogen) atoms. The molecule has 10 nitrogen and oxygen atoms in total. The molecule has 0 unspecified atom stereocenters. The third kappa shape index (κ3) is 3.29. The van der Waals surface area contributed by atoms with Crippen molar-refractivity contribution in [3.05, 3.63) is 35.1 Å². The fourth-order valence-corrected chi connectivity index (χ4v) is 4.20. The molecule has 0 bridgehead atoms. The number of aryl methyl sites for hydroxylation is 4. The number of nitrogens with one attached hydrogen (secondary N) is 2. The highest BCUT2D eigenvalue weighted by Crippen LogP contribution is 2.39. The quantitative estimate of drug-likeness (QED) is 0.390. The zero-order valence-electron chi connectivity index (χ0n) is 19.7. The van der Waals surface area contributed by atoms with E-state index in [1.165, 1.54) is 0 Å². The normalized spacial score (nSPS) is 11.8. The van der Waals surface area contributed by atoms with Gasteiger partial charge in [-0.15, -0.1) is 0 Å². The Kier molecular flexibility index (Phi) is 4.80. The van der Waals surface area contributed by atoms with Gasteiger partial charge < -0.3 is 19.6 Å². The first-order valence-corrected chi connectivity index (χ1v) is 10.8. The van der Waals surface area contributed by atoms with E-state index in [-0.39, 0.29) is 6.04 Å². The number of methoxy groups -OCH3 is 1. The smallest absolute Gasteiger partial charge is 0.221 e. The van der Waals surface area contributed by atoms with E-state index in [0.29, 0.717) is 34.4 Å². The van der Waals surface area contributed by atoms with E-state index in [4.69, 9.17) is 19.2 Å². The molecular weight excluding hydrogens is 420 g/mol. The highest BCUT2D eigenvalue weighted by molar-refractivity contribution is 6.10. The predicted molar refractivity (Wildman–Crippen MR) is 126 cm³/mol. The molecule has 0 amide bonds. The first-order valence-electron chi connectivity index (χ1n) is 10.8. The summed E-state index contributed by atoms with van der Waals surface area (Å²) < 4.78 is 13.0. The van der Waals surface area contributed by atoms with Crippen molar-refractivity contribution in [1.82, 2.24) is 34.9 Å². The first-order chi connectivity index (χ1) is 15.8. The Morgan fingerprint density at radius 2 is 1.91 bits per heavy atom. The van der Waals surface area contributed by atoms with Crippen LogP contribution in [0.5, 0.6) is 5.88 Å². The minimum absolute atomic E-state index is 0.193. The maximum atomic E-state index is 5.67. The van der Waals surface area contributed by atoms with Crippen LogP contribution in [0.15, 0.2) is 16.8 Å². The number of hydrogen-bond donors (Lipinski definition) is 2. The number of ether oxygens (including phenoxy) is 1. The van der Waals surface area contributed by atoms with E-state index < -0.39 is 0 Å². The molecular formula is C23H26N8O2. The third-order valence-electron chi connectivity index (χ3n) is 5.70. The molecule has 0 aliphatic carbocycles. The van der Waals surface area contributed by atoms with Crippen LogP contribution in [0, 0.1) is 27.7 Å². The number of pyridine rings is 1. The van der Waals surface area contributed by atoms with Crippen LogP contribution < -0.4 is 10.1 Å². The lowest BCUT2D eigenvalue weighted by Crippen LogP contribution is -2.09. The largest absolute Gasteiger partial charge is 0.481 e. The summed E-state index contributed by atoms with van der Waals surface area (Å²) in [5.74, 6) is 3.38. The Bertz CT molecular complexity index is 1490. The third-order valence-corrected chi connectivity index (χ3v) is 5.70. The van der Waals surface area contributed by atoms with Crippen molar-refractivity contribution in [1.29, 1.82) is 0 Å². The molecule has 170 valence electrons. The van der Waals surface area contributed by atoms with E-state index in [9.17, 15) is 0 Å². The van der Waals surface area contributed by atoms with Crippen LogP contribution in [-0.4, -0.2) is 42.0 Å². The molecule has 2 N–H and O–H groups in total. The van der Waals surface area contributed by atoms with Gasteiger partial charge in [-0.25, -0.2) is 19.6 Å². The van der Waals surface area contributed by atoms with Gasteiger partial charge >= 0.3 is 0 Å². The molecule has 5 heterocycles. The Balaban J connectivity index is 1.76. The van der Waals surface area contributed by atoms with Crippen molar-refractivity contribution in [2.24, 2.45) is 0 Å². The lowest BCUT2D eigenvalue weighted by Gasteiger charge is -2.14. The van der Waals surface area contributed by atoms with E-state index in [1.807, 2.05) is 44.6 Å². The molecule has 5 rings (SSSR count). The van der Waals surface area contributed by atoms with Crippen LogP contribution in [0.1, 0.15) is 42.7 Å². The maximum absolute atomic E-state index is 5.67. The highest BCUT2D eigenvalue weighted by atomic mass is 16.5. The second-order valence-electron chi connectivity index (χ2n) is 8.45. The summed E-state index contributed by atoms with van der Waals surface area (Å²) in [4.78, 5) is 17.6. The summed E-state index contributed by atoms with van der Waals surface area (Å²) in [6, 6.07) is 2.19. The molecule has 0 radical (unpaired) electrons. The van der Waals surface area contributed by atoms with Crippen molar-refractivity contribution in [2.45, 2.75) is 47.6 Å². The number of H-pyrrole nitrogens is 1. The number of aromatic nitrogens is 7. The monoisotopic (exact) mass is 446 g/mol. The number of anilines is 2. The lowest BCUT2D eigenvalue weighted by atomic mass is 10.0. The number of fused-ring (bicyclic) bond motifs is 3. The first kappa shape index (κ1) is 20.9. The van der Waals surface area contributed by atoms with E-state index >= 15 is 0 Å². The van der Waals surface area contributed by atoms with Crippen molar-refractivity contribution < 1.29 is 9.26 Å². The molecule has 0 atom stereocenters. The summed E-state index contributed by atoms with van der Waals surface area (Å²) in [5, 5.41) is 12.9. The standard InChI is InChI=1S/C23H26N8O2/c1-10(2)31-22(11(3)9-24-31)29-21-18-19-16(27-20(18)25-14(6)26-21)8-15(23(28-19)32-7)17-12(4)30-33-13(17)5/h8-10H,1-7H3,(H2,25,26,27,29). The molecule has 0 aromatic carbocycles. The second kappa shape index (κ2) is 7.58. The zero-order chi connectivity index (χ0) is 23.4. The number of aromatic amines is 1. The molecule has 0 aliphatic heterocycles. The van der Waals surface area contributed by atoms with Crippen LogP contribution in [-0.2, 0) is 0 Å². The molecule has 0 saturated carbocycles. The number of rotatable bonds is 5.